The van der Waals surface area contributed by atoms with Gasteiger partial charge in [-0.3, -0.25) is 0 Å². The van der Waals surface area contributed by atoms with Crippen molar-refractivity contribution < 1.29 is 8.78 Å². The van der Waals surface area contributed by atoms with Crippen molar-refractivity contribution in [3.8, 4) is 0 Å². The quantitative estimate of drug-likeness (QED) is 0.693. The maximum absolute atomic E-state index is 13.7. The summed E-state index contributed by atoms with van der Waals surface area (Å²) < 4.78 is 27.1. The third-order valence-corrected chi connectivity index (χ3v) is 2.42. The zero-order chi connectivity index (χ0) is 10.7. The Morgan fingerprint density at radius 3 is 2.29 bits per heavy atom. The summed E-state index contributed by atoms with van der Waals surface area (Å²) in [6, 6.07) is 1.62. The number of benzene rings is 1. The number of halogens is 2. The first-order valence-corrected chi connectivity index (χ1v) is 5.08. The molecule has 0 saturated carbocycles. The fourth-order valence-electron chi connectivity index (χ4n) is 1.68. The van der Waals surface area contributed by atoms with Crippen LogP contribution in [0.5, 0.6) is 0 Å². The summed E-state index contributed by atoms with van der Waals surface area (Å²) in [6.07, 6.45) is 1.97. The summed E-state index contributed by atoms with van der Waals surface area (Å²) in [4.78, 5) is 0. The van der Waals surface area contributed by atoms with E-state index in [1.807, 2.05) is 6.92 Å². The average molecular weight is 198 g/mol. The van der Waals surface area contributed by atoms with Crippen LogP contribution in [0.25, 0.3) is 0 Å². The van der Waals surface area contributed by atoms with Gasteiger partial charge in [-0.2, -0.15) is 0 Å². The third-order valence-electron chi connectivity index (χ3n) is 2.42. The molecule has 0 fully saturated rings. The first kappa shape index (κ1) is 11.2. The highest BCUT2D eigenvalue weighted by Crippen LogP contribution is 2.22. The molecule has 0 bridgehead atoms. The molecule has 2 heteroatoms. The van der Waals surface area contributed by atoms with Crippen molar-refractivity contribution in [1.82, 2.24) is 0 Å². The Morgan fingerprint density at radius 1 is 1.14 bits per heavy atom. The molecule has 0 aliphatic rings. The first-order valence-electron chi connectivity index (χ1n) is 5.08. The van der Waals surface area contributed by atoms with E-state index >= 15 is 0 Å². The topological polar surface area (TPSA) is 0 Å². The largest absolute Gasteiger partial charge is 0.206 e. The predicted octanol–water partition coefficient (Wildman–Crippen LogP) is 3.79. The average Bonchev–Trinajstić information content (AvgIpc) is 2.16. The van der Waals surface area contributed by atoms with Crippen molar-refractivity contribution in [3.05, 3.63) is 34.4 Å². The number of hydrogen-bond donors (Lipinski definition) is 0. The van der Waals surface area contributed by atoms with Crippen LogP contribution < -0.4 is 0 Å². The van der Waals surface area contributed by atoms with Gasteiger partial charge in [-0.15, -0.1) is 0 Å². The van der Waals surface area contributed by atoms with Crippen molar-refractivity contribution in [3.63, 3.8) is 0 Å². The lowest BCUT2D eigenvalue weighted by Gasteiger charge is -2.10. The normalized spacial score (nSPS) is 10.6. The maximum Gasteiger partial charge on any atom is 0.132 e. The predicted molar refractivity (Wildman–Crippen MR) is 54.5 cm³/mol. The van der Waals surface area contributed by atoms with E-state index in [9.17, 15) is 8.78 Å². The van der Waals surface area contributed by atoms with Crippen LogP contribution >= 0.6 is 0 Å². The maximum atomic E-state index is 13.7. The molecule has 0 unspecified atom stereocenters. The molecule has 14 heavy (non-hydrogen) atoms. The lowest BCUT2D eigenvalue weighted by Crippen LogP contribution is -2.02. The number of aryl methyl sites for hydroxylation is 2. The van der Waals surface area contributed by atoms with Crippen LogP contribution in [0.3, 0.4) is 0 Å². The van der Waals surface area contributed by atoms with E-state index in [1.165, 1.54) is 0 Å². The zero-order valence-electron chi connectivity index (χ0n) is 8.95. The van der Waals surface area contributed by atoms with Gasteiger partial charge < -0.3 is 0 Å². The molecule has 1 rings (SSSR count). The van der Waals surface area contributed by atoms with Crippen molar-refractivity contribution in [2.24, 2.45) is 0 Å². The number of rotatable bonds is 3. The van der Waals surface area contributed by atoms with Crippen LogP contribution in [-0.2, 0) is 12.8 Å². The van der Waals surface area contributed by atoms with Gasteiger partial charge in [0.2, 0.25) is 0 Å². The SMILES string of the molecule is CCCc1cc(C)c(F)c(CC)c1F. The van der Waals surface area contributed by atoms with Crippen LogP contribution in [0, 0.1) is 18.6 Å². The lowest BCUT2D eigenvalue weighted by atomic mass is 10.00. The van der Waals surface area contributed by atoms with Gasteiger partial charge in [0, 0.05) is 5.56 Å². The summed E-state index contributed by atoms with van der Waals surface area (Å²) in [5.74, 6) is -0.734. The molecular formula is C12H16F2. The Morgan fingerprint density at radius 2 is 1.79 bits per heavy atom. The summed E-state index contributed by atoms with van der Waals surface area (Å²) >= 11 is 0. The van der Waals surface area contributed by atoms with Crippen molar-refractivity contribution >= 4 is 0 Å². The molecule has 0 nitrogen and oxygen atoms in total. The molecule has 0 aliphatic heterocycles. The molecule has 0 N–H and O–H groups in total. The zero-order valence-corrected chi connectivity index (χ0v) is 8.95. The second-order valence-electron chi connectivity index (χ2n) is 3.56. The van der Waals surface area contributed by atoms with Crippen molar-refractivity contribution in [1.29, 1.82) is 0 Å². The van der Waals surface area contributed by atoms with E-state index in [1.54, 1.807) is 19.9 Å². The standard InChI is InChI=1S/C12H16F2/c1-4-6-9-7-8(3)11(13)10(5-2)12(9)14/h7H,4-6H2,1-3H3. The monoisotopic (exact) mass is 198 g/mol. The van der Waals surface area contributed by atoms with E-state index in [2.05, 4.69) is 0 Å². The highest BCUT2D eigenvalue weighted by Gasteiger charge is 2.14. The number of hydrogen-bond acceptors (Lipinski definition) is 0. The van der Waals surface area contributed by atoms with Gasteiger partial charge >= 0.3 is 0 Å². The Kier molecular flexibility index (Phi) is 3.62. The minimum absolute atomic E-state index is 0.230. The molecule has 0 aliphatic carbocycles. The van der Waals surface area contributed by atoms with E-state index in [-0.39, 0.29) is 17.2 Å². The Hall–Kier alpha value is -0.920. The Bertz CT molecular complexity index is 330. The molecular weight excluding hydrogens is 182 g/mol. The van der Waals surface area contributed by atoms with Gasteiger partial charge in [0.1, 0.15) is 11.6 Å². The molecule has 0 atom stereocenters. The summed E-state index contributed by atoms with van der Waals surface area (Å²) in [6.45, 7) is 5.45. The second kappa shape index (κ2) is 4.54. The summed E-state index contributed by atoms with van der Waals surface area (Å²) in [5, 5.41) is 0. The van der Waals surface area contributed by atoms with Gasteiger partial charge in [0.15, 0.2) is 0 Å². The van der Waals surface area contributed by atoms with E-state index < -0.39 is 0 Å². The van der Waals surface area contributed by atoms with Crippen LogP contribution in [0.15, 0.2) is 6.07 Å². The molecule has 0 saturated heterocycles. The molecule has 0 heterocycles. The molecule has 0 radical (unpaired) electrons. The summed E-state index contributed by atoms with van der Waals surface area (Å²) in [7, 11) is 0. The molecule has 0 aromatic heterocycles. The van der Waals surface area contributed by atoms with Crippen LogP contribution in [0.4, 0.5) is 8.78 Å². The minimum atomic E-state index is -0.384. The fourth-order valence-corrected chi connectivity index (χ4v) is 1.68. The molecule has 1 aromatic rings. The minimum Gasteiger partial charge on any atom is -0.206 e. The van der Waals surface area contributed by atoms with Gasteiger partial charge in [-0.25, -0.2) is 8.78 Å². The van der Waals surface area contributed by atoms with Crippen molar-refractivity contribution in [2.45, 2.75) is 40.0 Å². The highest BCUT2D eigenvalue weighted by molar-refractivity contribution is 5.33. The van der Waals surface area contributed by atoms with Crippen LogP contribution in [0.1, 0.15) is 37.0 Å². The second-order valence-corrected chi connectivity index (χ2v) is 3.56. The lowest BCUT2D eigenvalue weighted by molar-refractivity contribution is 0.542. The highest BCUT2D eigenvalue weighted by atomic mass is 19.1. The van der Waals surface area contributed by atoms with E-state index in [4.69, 9.17) is 0 Å². The van der Waals surface area contributed by atoms with Gasteiger partial charge in [0.05, 0.1) is 0 Å². The van der Waals surface area contributed by atoms with Gasteiger partial charge in [-0.1, -0.05) is 26.3 Å². The van der Waals surface area contributed by atoms with Crippen LogP contribution in [0.2, 0.25) is 0 Å². The van der Waals surface area contributed by atoms with Gasteiger partial charge in [0.25, 0.3) is 0 Å². The van der Waals surface area contributed by atoms with Crippen LogP contribution in [-0.4, -0.2) is 0 Å². The Balaban J connectivity index is 3.27. The van der Waals surface area contributed by atoms with E-state index in [0.29, 0.717) is 24.0 Å². The smallest absolute Gasteiger partial charge is 0.132 e. The molecule has 0 spiro atoms. The van der Waals surface area contributed by atoms with Crippen molar-refractivity contribution in [2.75, 3.05) is 0 Å². The summed E-state index contributed by atoms with van der Waals surface area (Å²) in [5.41, 5.74) is 1.42. The molecule has 0 amide bonds. The van der Waals surface area contributed by atoms with E-state index in [0.717, 1.165) is 6.42 Å². The molecule has 78 valence electrons. The van der Waals surface area contributed by atoms with Gasteiger partial charge in [-0.05, 0) is 30.9 Å². The third kappa shape index (κ3) is 1.94. The Labute approximate surface area is 84.0 Å². The molecule has 1 aromatic carbocycles. The first-order chi connectivity index (χ1) is 6.61. The fraction of sp³-hybridized carbons (Fsp3) is 0.500.